The van der Waals surface area contributed by atoms with E-state index < -0.39 is 0 Å². The van der Waals surface area contributed by atoms with E-state index in [4.69, 9.17) is 4.42 Å². The van der Waals surface area contributed by atoms with Crippen molar-refractivity contribution in [1.82, 2.24) is 4.57 Å². The molecular weight excluding hydrogens is 590 g/mol. The number of nitrogens with zero attached hydrogens (tertiary/aromatic N) is 1. The summed E-state index contributed by atoms with van der Waals surface area (Å²) in [6, 6.07) is 34.3. The van der Waals surface area contributed by atoms with E-state index in [-0.39, 0.29) is 11.2 Å². The monoisotopic (exact) mass is 617 g/mol. The molecule has 2 unspecified atom stereocenters. The van der Waals surface area contributed by atoms with E-state index in [0.29, 0.717) is 22.6 Å². The van der Waals surface area contributed by atoms with Gasteiger partial charge in [0.2, 0.25) is 0 Å². The van der Waals surface area contributed by atoms with Gasteiger partial charge in [0, 0.05) is 33.2 Å². The Bertz CT molecular complexity index is 3070. The highest BCUT2D eigenvalue weighted by Gasteiger charge is 2.42. The molecule has 0 bridgehead atoms. The Balaban J connectivity index is 1.22. The third-order valence-corrected chi connectivity index (χ3v) is 10.5. The van der Waals surface area contributed by atoms with Crippen LogP contribution in [0, 0.1) is 5.92 Å². The summed E-state index contributed by atoms with van der Waals surface area (Å²) in [5, 5.41) is 9.81. The van der Waals surface area contributed by atoms with Gasteiger partial charge in [-0.3, -0.25) is 9.36 Å². The Morgan fingerprint density at radius 3 is 2.15 bits per heavy atom. The van der Waals surface area contributed by atoms with Gasteiger partial charge in [0.25, 0.3) is 5.56 Å². The summed E-state index contributed by atoms with van der Waals surface area (Å²) >= 11 is 0. The normalized spacial score (nSPS) is 16.4. The van der Waals surface area contributed by atoms with Crippen molar-refractivity contribution in [3.8, 4) is 16.8 Å². The maximum Gasteiger partial charge on any atom is 0.343 e. The Morgan fingerprint density at radius 1 is 0.688 bits per heavy atom. The van der Waals surface area contributed by atoms with Gasteiger partial charge in [0.1, 0.15) is 5.76 Å². The first-order valence-electron chi connectivity index (χ1n) is 16.2. The zero-order valence-corrected chi connectivity index (χ0v) is 25.9. The molecule has 2 aliphatic carbocycles. The average molecular weight is 618 g/mol. The highest BCUT2D eigenvalue weighted by atomic mass is 16.4. The van der Waals surface area contributed by atoms with Gasteiger partial charge >= 0.3 is 5.63 Å². The Labute approximate surface area is 274 Å². The average Bonchev–Trinajstić information content (AvgIpc) is 3.93. The number of hydrogen-bond acceptors (Lipinski definition) is 3. The quantitative estimate of drug-likeness (QED) is 0.183. The zero-order valence-electron chi connectivity index (χ0n) is 25.9. The molecule has 0 radical (unpaired) electrons. The van der Waals surface area contributed by atoms with E-state index in [1.165, 1.54) is 0 Å². The summed E-state index contributed by atoms with van der Waals surface area (Å²) in [6.07, 6.45) is 5.40. The van der Waals surface area contributed by atoms with Crippen LogP contribution in [0.1, 0.15) is 23.7 Å². The molecule has 1 fully saturated rings. The third-order valence-electron chi connectivity index (χ3n) is 10.5. The molecule has 0 N–H and O–H groups in total. The van der Waals surface area contributed by atoms with Gasteiger partial charge in [-0.25, -0.2) is 4.79 Å². The summed E-state index contributed by atoms with van der Waals surface area (Å²) in [7, 11) is 0. The van der Waals surface area contributed by atoms with Gasteiger partial charge in [-0.1, -0.05) is 92.0 Å². The smallest absolute Gasteiger partial charge is 0.343 e. The molecule has 8 aromatic rings. The molecular formula is C44H27NO3. The summed E-state index contributed by atoms with van der Waals surface area (Å²) in [5.41, 5.74) is 7.16. The highest BCUT2D eigenvalue weighted by Crippen LogP contribution is 2.53. The molecule has 226 valence electrons. The first-order valence-corrected chi connectivity index (χ1v) is 16.2. The second-order valence-electron chi connectivity index (χ2n) is 13.0. The fourth-order valence-corrected chi connectivity index (χ4v) is 7.98. The lowest BCUT2D eigenvalue weighted by molar-refractivity contribution is 0.463. The fourth-order valence-electron chi connectivity index (χ4n) is 7.98. The number of allylic oxidation sites excluding steroid dienone is 1. The molecule has 4 heteroatoms. The maximum absolute atomic E-state index is 14.3. The molecule has 0 amide bonds. The van der Waals surface area contributed by atoms with Crippen LogP contribution < -0.4 is 21.6 Å². The van der Waals surface area contributed by atoms with E-state index >= 15 is 0 Å². The topological polar surface area (TPSA) is 52.2 Å². The molecule has 2 heterocycles. The molecule has 0 aliphatic heterocycles. The predicted molar refractivity (Wildman–Crippen MR) is 197 cm³/mol. The molecule has 0 spiro atoms. The van der Waals surface area contributed by atoms with Gasteiger partial charge in [-0.05, 0) is 97.4 Å². The van der Waals surface area contributed by atoms with E-state index in [0.717, 1.165) is 88.2 Å². The van der Waals surface area contributed by atoms with Crippen LogP contribution in [0.5, 0.6) is 0 Å². The first-order chi connectivity index (χ1) is 23.5. The van der Waals surface area contributed by atoms with Crippen molar-refractivity contribution in [2.75, 3.05) is 0 Å². The lowest BCUT2D eigenvalue weighted by atomic mass is 9.94. The second kappa shape index (κ2) is 9.65. The maximum atomic E-state index is 14.3. The molecule has 10 rings (SSSR count). The third kappa shape index (κ3) is 3.66. The standard InChI is InChI=1S/C44H27NO3/c1-3-29-24(2)30-8-4-5-9-31(30)33-18-15-28(23-38(29)33)45-41-19-14-26(20-39(41)32-10-6-7-11-36(32)43(45)46)25-12-16-34-35-17-13-27-22-37(27)42(35)48-44(47)40(34)21-25/h4-21,23,27,37H,1-2,22H2. The van der Waals surface area contributed by atoms with E-state index in [1.54, 1.807) is 4.57 Å². The van der Waals surface area contributed by atoms with Crippen LogP contribution in [-0.2, 0) is 0 Å². The summed E-state index contributed by atoms with van der Waals surface area (Å²) < 4.78 is 7.68. The van der Waals surface area contributed by atoms with Crippen molar-refractivity contribution in [1.29, 1.82) is 0 Å². The van der Waals surface area contributed by atoms with Crippen LogP contribution in [0.3, 0.4) is 0 Å². The zero-order chi connectivity index (χ0) is 32.3. The molecule has 1 saturated carbocycles. The number of fused-ring (bicyclic) bond motifs is 11. The molecule has 6 aromatic carbocycles. The Morgan fingerprint density at radius 2 is 1.35 bits per heavy atom. The van der Waals surface area contributed by atoms with Crippen molar-refractivity contribution < 1.29 is 4.42 Å². The minimum absolute atomic E-state index is 0.0935. The van der Waals surface area contributed by atoms with E-state index in [2.05, 4.69) is 67.4 Å². The van der Waals surface area contributed by atoms with Crippen LogP contribution in [0.15, 0.2) is 130 Å². The number of benzene rings is 6. The summed E-state index contributed by atoms with van der Waals surface area (Å²) in [6.45, 7) is 8.36. The first kappa shape index (κ1) is 26.9. The number of pyridine rings is 1. The number of hydrogen-bond donors (Lipinski definition) is 0. The van der Waals surface area contributed by atoms with Crippen LogP contribution in [0.2, 0.25) is 0 Å². The minimum atomic E-state index is -0.294. The molecule has 2 atom stereocenters. The molecule has 2 aromatic heterocycles. The van der Waals surface area contributed by atoms with E-state index in [1.807, 2.05) is 66.7 Å². The van der Waals surface area contributed by atoms with Crippen molar-refractivity contribution in [3.63, 3.8) is 0 Å². The van der Waals surface area contributed by atoms with Gasteiger partial charge in [-0.15, -0.1) is 5.73 Å². The van der Waals surface area contributed by atoms with Crippen LogP contribution in [0.25, 0.3) is 89.2 Å². The van der Waals surface area contributed by atoms with Gasteiger partial charge in [-0.2, -0.15) is 0 Å². The van der Waals surface area contributed by atoms with Crippen LogP contribution >= 0.6 is 0 Å². The van der Waals surface area contributed by atoms with Crippen molar-refractivity contribution in [2.24, 2.45) is 5.92 Å². The van der Waals surface area contributed by atoms with Gasteiger partial charge < -0.3 is 4.42 Å². The lowest BCUT2D eigenvalue weighted by Crippen LogP contribution is -2.24. The predicted octanol–water partition coefficient (Wildman–Crippen LogP) is 8.33. The molecule has 0 saturated heterocycles. The Hall–Kier alpha value is -6.22. The number of aromatic nitrogens is 1. The largest absolute Gasteiger partial charge is 0.426 e. The molecule has 2 aliphatic rings. The summed E-state index contributed by atoms with van der Waals surface area (Å²) in [4.78, 5) is 27.5. The van der Waals surface area contributed by atoms with Gasteiger partial charge in [0.15, 0.2) is 0 Å². The SMILES string of the molecule is C=C=c1c(=C)c2ccccc2c2ccc(-n3c(=O)c4ccccc4c4cc(-c5ccc6c7c(oc(=O)c6c5)C5CC5C=C7)ccc43)cc12. The van der Waals surface area contributed by atoms with Crippen molar-refractivity contribution in [2.45, 2.75) is 12.3 Å². The van der Waals surface area contributed by atoms with E-state index in [9.17, 15) is 9.59 Å². The van der Waals surface area contributed by atoms with Crippen LogP contribution in [-0.4, -0.2) is 4.57 Å². The van der Waals surface area contributed by atoms with Crippen LogP contribution in [0.4, 0.5) is 0 Å². The molecule has 48 heavy (non-hydrogen) atoms. The number of rotatable bonds is 2. The lowest BCUT2D eigenvalue weighted by Gasteiger charge is -2.16. The fraction of sp³-hybridized carbons (Fsp3) is 0.0682. The molecule has 4 nitrogen and oxygen atoms in total. The highest BCUT2D eigenvalue weighted by molar-refractivity contribution is 6.10. The van der Waals surface area contributed by atoms with Crippen molar-refractivity contribution in [3.05, 3.63) is 158 Å². The summed E-state index contributed by atoms with van der Waals surface area (Å²) in [5.74, 6) is 1.66. The van der Waals surface area contributed by atoms with Crippen molar-refractivity contribution >= 4 is 72.4 Å². The Kier molecular flexibility index (Phi) is 5.42. The minimum Gasteiger partial charge on any atom is -0.426 e. The van der Waals surface area contributed by atoms with Gasteiger partial charge in [0.05, 0.1) is 10.9 Å². The second-order valence-corrected chi connectivity index (χ2v) is 13.0.